The van der Waals surface area contributed by atoms with Crippen LogP contribution in [0, 0.1) is 5.82 Å². The van der Waals surface area contributed by atoms with Crippen LogP contribution in [0.5, 0.6) is 5.75 Å². The quantitative estimate of drug-likeness (QED) is 0.149. The van der Waals surface area contributed by atoms with Crippen molar-refractivity contribution >= 4 is 44.7 Å². The first-order chi connectivity index (χ1) is 22.3. The van der Waals surface area contributed by atoms with Crippen LogP contribution in [-0.4, -0.2) is 57.9 Å². The Bertz CT molecular complexity index is 1820. The third kappa shape index (κ3) is 7.43. The number of nitrogens with zero attached hydrogens (tertiary/aromatic N) is 5. The first kappa shape index (κ1) is 31.4. The van der Waals surface area contributed by atoms with Crippen LogP contribution >= 0.6 is 11.3 Å². The number of aryl methyl sites for hydroxylation is 1. The molecule has 0 saturated carbocycles. The van der Waals surface area contributed by atoms with Crippen molar-refractivity contribution in [3.63, 3.8) is 0 Å². The van der Waals surface area contributed by atoms with Crippen molar-refractivity contribution < 1.29 is 18.7 Å². The van der Waals surface area contributed by atoms with Gasteiger partial charge in [0.25, 0.3) is 0 Å². The Morgan fingerprint density at radius 2 is 1.87 bits per heavy atom. The molecule has 238 valence electrons. The topological polar surface area (TPSA) is 92.6 Å². The van der Waals surface area contributed by atoms with E-state index in [2.05, 4.69) is 30.9 Å². The number of amides is 2. The number of rotatable bonds is 12. The summed E-state index contributed by atoms with van der Waals surface area (Å²) in [5.74, 6) is -1.47. The lowest BCUT2D eigenvalue weighted by Crippen LogP contribution is -2.30. The summed E-state index contributed by atoms with van der Waals surface area (Å²) in [5, 5.41) is 2.60. The van der Waals surface area contributed by atoms with Gasteiger partial charge >= 0.3 is 0 Å². The molecule has 2 aromatic carbocycles. The van der Waals surface area contributed by atoms with Gasteiger partial charge in [-0.2, -0.15) is 0 Å². The number of aromatic nitrogens is 3. The van der Waals surface area contributed by atoms with Gasteiger partial charge in [0.1, 0.15) is 12.5 Å². The summed E-state index contributed by atoms with van der Waals surface area (Å²) in [6, 6.07) is 17.2. The van der Waals surface area contributed by atoms with E-state index in [1.807, 2.05) is 43.6 Å². The number of carbonyl (C=O) groups is 2. The van der Waals surface area contributed by atoms with Crippen LogP contribution in [0.3, 0.4) is 0 Å². The molecule has 11 heteroatoms. The van der Waals surface area contributed by atoms with Crippen molar-refractivity contribution in [3.05, 3.63) is 90.8 Å². The molecule has 5 aromatic rings. The van der Waals surface area contributed by atoms with Crippen molar-refractivity contribution in [1.82, 2.24) is 19.4 Å². The van der Waals surface area contributed by atoms with E-state index in [1.165, 1.54) is 43.0 Å². The zero-order valence-electron chi connectivity index (χ0n) is 26.0. The van der Waals surface area contributed by atoms with Gasteiger partial charge < -0.3 is 24.4 Å². The van der Waals surface area contributed by atoms with Gasteiger partial charge in [0.05, 0.1) is 27.1 Å². The second-order valence-corrected chi connectivity index (χ2v) is 12.6. The number of pyridine rings is 1. The molecule has 1 fully saturated rings. The van der Waals surface area contributed by atoms with E-state index in [-0.39, 0.29) is 23.8 Å². The summed E-state index contributed by atoms with van der Waals surface area (Å²) >= 11 is 1.59. The Morgan fingerprint density at radius 1 is 1.07 bits per heavy atom. The van der Waals surface area contributed by atoms with E-state index in [0.29, 0.717) is 5.69 Å². The zero-order valence-corrected chi connectivity index (χ0v) is 26.8. The first-order valence-corrected chi connectivity index (χ1v) is 16.4. The highest BCUT2D eigenvalue weighted by atomic mass is 32.1. The summed E-state index contributed by atoms with van der Waals surface area (Å²) in [6.45, 7) is 6.34. The molecule has 1 aliphatic rings. The van der Waals surface area contributed by atoms with Crippen molar-refractivity contribution in [2.24, 2.45) is 0 Å². The lowest BCUT2D eigenvalue weighted by Gasteiger charge is -2.18. The molecule has 9 nitrogen and oxygen atoms in total. The maximum Gasteiger partial charge on any atom is 0.236 e. The predicted molar refractivity (Wildman–Crippen MR) is 180 cm³/mol. The maximum absolute atomic E-state index is 15.1. The highest BCUT2D eigenvalue weighted by Gasteiger charge is 2.19. The Labute approximate surface area is 271 Å². The van der Waals surface area contributed by atoms with Crippen LogP contribution in [-0.2, 0) is 16.1 Å². The van der Waals surface area contributed by atoms with Gasteiger partial charge in [0.15, 0.2) is 11.6 Å². The highest BCUT2D eigenvalue weighted by Crippen LogP contribution is 2.37. The van der Waals surface area contributed by atoms with Gasteiger partial charge in [-0.3, -0.25) is 14.6 Å². The van der Waals surface area contributed by atoms with Crippen molar-refractivity contribution in [2.45, 2.75) is 45.3 Å². The summed E-state index contributed by atoms with van der Waals surface area (Å²) in [5.41, 5.74) is 3.55. The van der Waals surface area contributed by atoms with Crippen LogP contribution < -0.4 is 15.0 Å². The number of halogens is 1. The number of para-hydroxylation sites is 1. The first-order valence-electron chi connectivity index (χ1n) is 15.5. The average Bonchev–Trinajstić information content (AvgIpc) is 3.83. The molecular weight excluding hydrogens is 603 g/mol. The van der Waals surface area contributed by atoms with Gasteiger partial charge in [0, 0.05) is 49.0 Å². The number of fused-ring (bicyclic) bond motifs is 1. The Morgan fingerprint density at radius 3 is 2.65 bits per heavy atom. The van der Waals surface area contributed by atoms with Crippen LogP contribution in [0.4, 0.5) is 15.8 Å². The molecule has 1 N–H and O–H groups in total. The minimum Gasteiger partial charge on any atom is -0.483 e. The van der Waals surface area contributed by atoms with E-state index >= 15 is 4.39 Å². The standard InChI is InChI=1S/C35H37FN6O3S/c1-24(45-31-12-11-25(19-28(31)36)39-33(43)21-34(44)40(2)26-9-4-3-5-10-26)27-13-14-37-29-20-32(46-35(27)29)30-22-42(23-38-30)18-8-17-41-15-6-7-16-41/h3-5,9-14,19-20,22-24H,6-8,15-18,21H2,1-2H3,(H,39,43)/t24-/m1/s1. The van der Waals surface area contributed by atoms with Crippen LogP contribution in [0.2, 0.25) is 0 Å². The second-order valence-electron chi connectivity index (χ2n) is 11.5. The summed E-state index contributed by atoms with van der Waals surface area (Å²) < 4.78 is 24.3. The maximum atomic E-state index is 15.1. The summed E-state index contributed by atoms with van der Waals surface area (Å²) in [6.07, 6.45) is 8.57. The van der Waals surface area contributed by atoms with Crippen molar-refractivity contribution in [2.75, 3.05) is 36.9 Å². The third-order valence-electron chi connectivity index (χ3n) is 8.20. The third-order valence-corrected chi connectivity index (χ3v) is 9.40. The largest absolute Gasteiger partial charge is 0.483 e. The Balaban J connectivity index is 1.07. The second kappa shape index (κ2) is 14.2. The molecule has 1 saturated heterocycles. The fourth-order valence-corrected chi connectivity index (χ4v) is 6.85. The van der Waals surface area contributed by atoms with Crippen molar-refractivity contribution in [3.8, 4) is 16.3 Å². The van der Waals surface area contributed by atoms with E-state index in [4.69, 9.17) is 4.74 Å². The molecule has 0 bridgehead atoms. The number of anilines is 2. The molecule has 0 spiro atoms. The number of likely N-dealkylation sites (tertiary alicyclic amines) is 1. The monoisotopic (exact) mass is 640 g/mol. The number of carbonyl (C=O) groups excluding carboxylic acids is 2. The lowest BCUT2D eigenvalue weighted by atomic mass is 10.1. The normalized spacial score (nSPS) is 14.0. The fraction of sp³-hybridized carbons (Fsp3) is 0.314. The SMILES string of the molecule is C[C@@H](Oc1ccc(NC(=O)CC(=O)N(C)c2ccccc2)cc1F)c1ccnc2cc(-c3cn(CCCN4CCCC4)cn3)sc12. The van der Waals surface area contributed by atoms with Gasteiger partial charge in [-0.15, -0.1) is 11.3 Å². The van der Waals surface area contributed by atoms with Gasteiger partial charge in [-0.25, -0.2) is 9.37 Å². The molecule has 0 unspecified atom stereocenters. The number of imidazole rings is 1. The van der Waals surface area contributed by atoms with Crippen LogP contribution in [0.25, 0.3) is 20.8 Å². The molecule has 1 atom stereocenters. The minimum absolute atomic E-state index is 0.0554. The van der Waals surface area contributed by atoms with Crippen LogP contribution in [0.1, 0.15) is 44.3 Å². The van der Waals surface area contributed by atoms with E-state index in [1.54, 1.807) is 42.8 Å². The van der Waals surface area contributed by atoms with Crippen LogP contribution in [0.15, 0.2) is 79.4 Å². The van der Waals surface area contributed by atoms with Gasteiger partial charge in [0.2, 0.25) is 11.8 Å². The molecule has 46 heavy (non-hydrogen) atoms. The fourth-order valence-electron chi connectivity index (χ4n) is 5.68. The Kier molecular flexibility index (Phi) is 9.70. The molecule has 0 aliphatic carbocycles. The number of nitrogens with one attached hydrogen (secondary N) is 1. The molecule has 3 aromatic heterocycles. The number of ether oxygens (including phenoxy) is 1. The number of hydrogen-bond acceptors (Lipinski definition) is 7. The average molecular weight is 641 g/mol. The number of thiophene rings is 1. The lowest BCUT2D eigenvalue weighted by molar-refractivity contribution is -0.125. The van der Waals surface area contributed by atoms with Gasteiger partial charge in [-0.05, 0) is 82.2 Å². The predicted octanol–water partition coefficient (Wildman–Crippen LogP) is 6.92. The zero-order chi connectivity index (χ0) is 32.0. The molecule has 6 rings (SSSR count). The molecule has 1 aliphatic heterocycles. The van der Waals surface area contributed by atoms with Crippen molar-refractivity contribution in [1.29, 1.82) is 0 Å². The molecule has 2 amide bonds. The summed E-state index contributed by atoms with van der Waals surface area (Å²) in [4.78, 5) is 39.2. The number of benzene rings is 2. The van der Waals surface area contributed by atoms with E-state index in [9.17, 15) is 9.59 Å². The smallest absolute Gasteiger partial charge is 0.236 e. The molecule has 0 radical (unpaired) electrons. The van der Waals surface area contributed by atoms with E-state index < -0.39 is 17.8 Å². The highest BCUT2D eigenvalue weighted by molar-refractivity contribution is 7.22. The van der Waals surface area contributed by atoms with E-state index in [0.717, 1.165) is 45.9 Å². The molecular formula is C35H37FN6O3S. The minimum atomic E-state index is -0.621. The number of hydrogen-bond donors (Lipinski definition) is 1. The van der Waals surface area contributed by atoms with Gasteiger partial charge in [-0.1, -0.05) is 18.2 Å². The summed E-state index contributed by atoms with van der Waals surface area (Å²) in [7, 11) is 1.61. The Hall–Kier alpha value is -4.61. The molecule has 4 heterocycles.